The van der Waals surface area contributed by atoms with E-state index in [1.165, 1.54) is 0 Å². The Morgan fingerprint density at radius 3 is 2.94 bits per heavy atom. The summed E-state index contributed by atoms with van der Waals surface area (Å²) in [6, 6.07) is 3.32. The maximum atomic E-state index is 11.7. The van der Waals surface area contributed by atoms with Gasteiger partial charge in [0.25, 0.3) is 0 Å². The van der Waals surface area contributed by atoms with Crippen molar-refractivity contribution in [1.82, 2.24) is 10.3 Å². The number of aromatic nitrogens is 1. The highest BCUT2D eigenvalue weighted by Gasteiger charge is 2.15. The van der Waals surface area contributed by atoms with E-state index >= 15 is 0 Å². The smallest absolute Gasteiger partial charge is 0.237 e. The van der Waals surface area contributed by atoms with Crippen LogP contribution in [0.25, 0.3) is 0 Å². The molecule has 16 heavy (non-hydrogen) atoms. The number of nitrogens with two attached hydrogens (primary N) is 1. The summed E-state index contributed by atoms with van der Waals surface area (Å²) in [6.07, 6.45) is 5.08. The van der Waals surface area contributed by atoms with Crippen LogP contribution in [-0.4, -0.2) is 16.9 Å². The zero-order valence-corrected chi connectivity index (χ0v) is 9.81. The molecule has 0 spiro atoms. The number of nitrogens with zero attached hydrogens (tertiary/aromatic N) is 1. The summed E-state index contributed by atoms with van der Waals surface area (Å²) in [5.41, 5.74) is 6.71. The molecular weight excluding hydrogens is 202 g/mol. The second kappa shape index (κ2) is 6.23. The van der Waals surface area contributed by atoms with Crippen LogP contribution >= 0.6 is 0 Å². The van der Waals surface area contributed by atoms with Crippen molar-refractivity contribution >= 4 is 5.91 Å². The predicted octanol–water partition coefficient (Wildman–Crippen LogP) is 1.39. The Kier molecular flexibility index (Phi) is 4.92. The molecule has 0 aliphatic carbocycles. The van der Waals surface area contributed by atoms with Crippen LogP contribution in [0.4, 0.5) is 0 Å². The second-order valence-electron chi connectivity index (χ2n) is 3.91. The van der Waals surface area contributed by atoms with Crippen LogP contribution in [-0.2, 0) is 4.79 Å². The first-order valence-corrected chi connectivity index (χ1v) is 5.61. The molecule has 3 N–H and O–H groups in total. The Morgan fingerprint density at radius 1 is 1.62 bits per heavy atom. The summed E-state index contributed by atoms with van der Waals surface area (Å²) >= 11 is 0. The van der Waals surface area contributed by atoms with E-state index in [0.29, 0.717) is 6.42 Å². The lowest BCUT2D eigenvalue weighted by molar-refractivity contribution is -0.123. The van der Waals surface area contributed by atoms with Crippen molar-refractivity contribution < 1.29 is 4.79 Å². The van der Waals surface area contributed by atoms with Gasteiger partial charge in [0, 0.05) is 12.4 Å². The van der Waals surface area contributed by atoms with E-state index in [0.717, 1.165) is 12.0 Å². The molecule has 1 aromatic rings. The van der Waals surface area contributed by atoms with Gasteiger partial charge in [-0.15, -0.1) is 0 Å². The van der Waals surface area contributed by atoms with Crippen LogP contribution in [0, 0.1) is 0 Å². The normalized spacial score (nSPS) is 14.2. The molecule has 0 saturated carbocycles. The highest BCUT2D eigenvalue weighted by molar-refractivity contribution is 5.81. The van der Waals surface area contributed by atoms with Crippen molar-refractivity contribution in [3.05, 3.63) is 30.1 Å². The lowest BCUT2D eigenvalue weighted by atomic mass is 10.1. The standard InChI is InChI=1S/C12H19N3O/c1-3-5-11(13)12(16)15-9(2)10-6-4-7-14-8-10/h4,6-9,11H,3,5,13H2,1-2H3,(H,15,16). The average molecular weight is 221 g/mol. The molecule has 0 radical (unpaired) electrons. The van der Waals surface area contributed by atoms with E-state index < -0.39 is 6.04 Å². The third kappa shape index (κ3) is 3.62. The summed E-state index contributed by atoms with van der Waals surface area (Å²) in [7, 11) is 0. The number of rotatable bonds is 5. The first kappa shape index (κ1) is 12.6. The van der Waals surface area contributed by atoms with E-state index in [1.54, 1.807) is 12.4 Å². The molecule has 0 aliphatic heterocycles. The largest absolute Gasteiger partial charge is 0.348 e. The number of amides is 1. The van der Waals surface area contributed by atoms with Gasteiger partial charge in [-0.1, -0.05) is 19.4 Å². The van der Waals surface area contributed by atoms with Crippen molar-refractivity contribution in [3.8, 4) is 0 Å². The number of nitrogens with one attached hydrogen (secondary N) is 1. The molecule has 4 nitrogen and oxygen atoms in total. The van der Waals surface area contributed by atoms with Gasteiger partial charge >= 0.3 is 0 Å². The van der Waals surface area contributed by atoms with E-state index in [9.17, 15) is 4.79 Å². The van der Waals surface area contributed by atoms with Gasteiger partial charge in [0.05, 0.1) is 12.1 Å². The van der Waals surface area contributed by atoms with Gasteiger partial charge in [-0.2, -0.15) is 0 Å². The molecule has 1 rings (SSSR count). The zero-order valence-electron chi connectivity index (χ0n) is 9.81. The topological polar surface area (TPSA) is 68.0 Å². The van der Waals surface area contributed by atoms with Crippen molar-refractivity contribution in [3.63, 3.8) is 0 Å². The summed E-state index contributed by atoms with van der Waals surface area (Å²) in [5.74, 6) is -0.0989. The van der Waals surface area contributed by atoms with E-state index in [2.05, 4.69) is 10.3 Å². The van der Waals surface area contributed by atoms with Crippen molar-refractivity contribution in [2.24, 2.45) is 5.73 Å². The molecule has 0 fully saturated rings. The SMILES string of the molecule is CCCC(N)C(=O)NC(C)c1cccnc1. The molecule has 0 saturated heterocycles. The fourth-order valence-electron chi connectivity index (χ4n) is 1.48. The molecule has 0 bridgehead atoms. The Morgan fingerprint density at radius 2 is 2.38 bits per heavy atom. The summed E-state index contributed by atoms with van der Waals surface area (Å²) in [4.78, 5) is 15.7. The van der Waals surface area contributed by atoms with Gasteiger partial charge in [-0.3, -0.25) is 9.78 Å². The van der Waals surface area contributed by atoms with E-state index in [4.69, 9.17) is 5.73 Å². The fraction of sp³-hybridized carbons (Fsp3) is 0.500. The third-order valence-electron chi connectivity index (χ3n) is 2.48. The number of carbonyl (C=O) groups is 1. The van der Waals surface area contributed by atoms with E-state index in [-0.39, 0.29) is 11.9 Å². The Balaban J connectivity index is 2.51. The maximum absolute atomic E-state index is 11.7. The molecular formula is C12H19N3O. The molecule has 4 heteroatoms. The Labute approximate surface area is 96.3 Å². The third-order valence-corrected chi connectivity index (χ3v) is 2.48. The number of hydrogen-bond acceptors (Lipinski definition) is 3. The van der Waals surface area contributed by atoms with Crippen LogP contribution in [0.1, 0.15) is 38.3 Å². The van der Waals surface area contributed by atoms with Gasteiger partial charge in [0.1, 0.15) is 0 Å². The Bertz CT molecular complexity index is 326. The second-order valence-corrected chi connectivity index (χ2v) is 3.91. The lowest BCUT2D eigenvalue weighted by Crippen LogP contribution is -2.41. The summed E-state index contributed by atoms with van der Waals surface area (Å²) in [6.45, 7) is 3.94. The molecule has 1 aromatic heterocycles. The van der Waals surface area contributed by atoms with Crippen molar-refractivity contribution in [1.29, 1.82) is 0 Å². The minimum absolute atomic E-state index is 0.0518. The van der Waals surface area contributed by atoms with E-state index in [1.807, 2.05) is 26.0 Å². The van der Waals surface area contributed by atoms with Crippen molar-refractivity contribution in [2.75, 3.05) is 0 Å². The van der Waals surface area contributed by atoms with Gasteiger partial charge in [-0.05, 0) is 25.0 Å². The summed E-state index contributed by atoms with van der Waals surface area (Å²) < 4.78 is 0. The number of hydrogen-bond donors (Lipinski definition) is 2. The molecule has 2 atom stereocenters. The number of carbonyl (C=O) groups excluding carboxylic acids is 1. The molecule has 1 amide bonds. The van der Waals surface area contributed by atoms with Gasteiger partial charge in [-0.25, -0.2) is 0 Å². The average Bonchev–Trinajstić information content (AvgIpc) is 2.30. The van der Waals surface area contributed by atoms with Crippen LogP contribution in [0.15, 0.2) is 24.5 Å². The highest BCUT2D eigenvalue weighted by Crippen LogP contribution is 2.10. The highest BCUT2D eigenvalue weighted by atomic mass is 16.2. The van der Waals surface area contributed by atoms with Crippen LogP contribution in [0.5, 0.6) is 0 Å². The predicted molar refractivity (Wildman–Crippen MR) is 63.7 cm³/mol. The maximum Gasteiger partial charge on any atom is 0.237 e. The monoisotopic (exact) mass is 221 g/mol. The molecule has 88 valence electrons. The lowest BCUT2D eigenvalue weighted by Gasteiger charge is -2.17. The first-order valence-electron chi connectivity index (χ1n) is 5.61. The van der Waals surface area contributed by atoms with Crippen LogP contribution in [0.2, 0.25) is 0 Å². The molecule has 0 aliphatic rings. The fourth-order valence-corrected chi connectivity index (χ4v) is 1.48. The Hall–Kier alpha value is -1.42. The quantitative estimate of drug-likeness (QED) is 0.789. The zero-order chi connectivity index (χ0) is 12.0. The molecule has 1 heterocycles. The molecule has 2 unspecified atom stereocenters. The first-order chi connectivity index (χ1) is 7.65. The van der Waals surface area contributed by atoms with Gasteiger partial charge < -0.3 is 11.1 Å². The van der Waals surface area contributed by atoms with Crippen molar-refractivity contribution in [2.45, 2.75) is 38.8 Å². The minimum Gasteiger partial charge on any atom is -0.348 e. The van der Waals surface area contributed by atoms with Gasteiger partial charge in [0.15, 0.2) is 0 Å². The molecule has 0 aromatic carbocycles. The minimum atomic E-state index is -0.413. The summed E-state index contributed by atoms with van der Waals surface area (Å²) in [5, 5.41) is 2.88. The van der Waals surface area contributed by atoms with Crippen LogP contribution in [0.3, 0.4) is 0 Å². The number of pyridine rings is 1. The van der Waals surface area contributed by atoms with Crippen LogP contribution < -0.4 is 11.1 Å². The van der Waals surface area contributed by atoms with Gasteiger partial charge in [0.2, 0.25) is 5.91 Å².